The first kappa shape index (κ1) is 12.6. The van der Waals surface area contributed by atoms with Gasteiger partial charge in [0.05, 0.1) is 12.0 Å². The second-order valence-electron chi connectivity index (χ2n) is 4.43. The van der Waals surface area contributed by atoms with Crippen molar-refractivity contribution in [3.05, 3.63) is 35.4 Å². The fourth-order valence-corrected chi connectivity index (χ4v) is 1.90. The van der Waals surface area contributed by atoms with Crippen LogP contribution in [-0.2, 0) is 0 Å². The monoisotopic (exact) mass is 254 g/mol. The standard InChI is InChI=1S/C13H15ClO3/c14-7-11(15)13(17)10-5-3-9(4-6-10)12(16)8-1-2-8/h3-6,8,11,13,15,17H,1-2,7H2. The molecule has 92 valence electrons. The number of benzene rings is 1. The van der Waals surface area contributed by atoms with Crippen LogP contribution in [0.5, 0.6) is 0 Å². The molecule has 0 bridgehead atoms. The molecule has 1 fully saturated rings. The van der Waals surface area contributed by atoms with Gasteiger partial charge < -0.3 is 10.2 Å². The fourth-order valence-electron chi connectivity index (χ4n) is 1.73. The highest BCUT2D eigenvalue weighted by atomic mass is 35.5. The Morgan fingerprint density at radius 1 is 1.29 bits per heavy atom. The summed E-state index contributed by atoms with van der Waals surface area (Å²) in [5.74, 6) is 0.340. The lowest BCUT2D eigenvalue weighted by molar-refractivity contribution is 0.0327. The zero-order valence-corrected chi connectivity index (χ0v) is 10.1. The van der Waals surface area contributed by atoms with Crippen molar-refractivity contribution in [2.45, 2.75) is 25.0 Å². The maximum atomic E-state index is 11.7. The molecule has 3 nitrogen and oxygen atoms in total. The second-order valence-corrected chi connectivity index (χ2v) is 4.74. The molecule has 0 saturated heterocycles. The Morgan fingerprint density at radius 3 is 2.35 bits per heavy atom. The average Bonchev–Trinajstić information content (AvgIpc) is 3.20. The summed E-state index contributed by atoms with van der Waals surface area (Å²) in [6.07, 6.45) is -0.0262. The molecule has 1 aromatic carbocycles. The summed E-state index contributed by atoms with van der Waals surface area (Å²) >= 11 is 5.46. The van der Waals surface area contributed by atoms with Crippen molar-refractivity contribution in [2.24, 2.45) is 5.92 Å². The minimum atomic E-state index is -1.00. The van der Waals surface area contributed by atoms with Gasteiger partial charge in [-0.2, -0.15) is 0 Å². The van der Waals surface area contributed by atoms with E-state index in [0.29, 0.717) is 11.1 Å². The summed E-state index contributed by atoms with van der Waals surface area (Å²) in [6, 6.07) is 6.71. The van der Waals surface area contributed by atoms with Gasteiger partial charge in [-0.3, -0.25) is 4.79 Å². The number of carbonyl (C=O) groups is 1. The molecule has 17 heavy (non-hydrogen) atoms. The Morgan fingerprint density at radius 2 is 1.88 bits per heavy atom. The van der Waals surface area contributed by atoms with Crippen molar-refractivity contribution in [1.29, 1.82) is 0 Å². The molecule has 2 atom stereocenters. The number of hydrogen-bond acceptors (Lipinski definition) is 3. The summed E-state index contributed by atoms with van der Waals surface area (Å²) in [4.78, 5) is 11.7. The molecule has 0 radical (unpaired) electrons. The van der Waals surface area contributed by atoms with Crippen LogP contribution in [0.15, 0.2) is 24.3 Å². The molecule has 1 aromatic rings. The van der Waals surface area contributed by atoms with E-state index in [0.717, 1.165) is 12.8 Å². The molecule has 1 saturated carbocycles. The first-order valence-electron chi connectivity index (χ1n) is 5.69. The summed E-state index contributed by atoms with van der Waals surface area (Å²) in [5.41, 5.74) is 1.24. The van der Waals surface area contributed by atoms with E-state index in [1.165, 1.54) is 0 Å². The van der Waals surface area contributed by atoms with Gasteiger partial charge in [0.15, 0.2) is 5.78 Å². The fraction of sp³-hybridized carbons (Fsp3) is 0.462. The third-order valence-electron chi connectivity index (χ3n) is 3.01. The molecule has 0 spiro atoms. The van der Waals surface area contributed by atoms with E-state index in [2.05, 4.69) is 0 Å². The van der Waals surface area contributed by atoms with Crippen LogP contribution in [-0.4, -0.2) is 28.0 Å². The normalized spacial score (nSPS) is 18.8. The van der Waals surface area contributed by atoms with E-state index >= 15 is 0 Å². The molecule has 1 aliphatic carbocycles. The minimum Gasteiger partial charge on any atom is -0.389 e. The van der Waals surface area contributed by atoms with E-state index in [1.807, 2.05) is 0 Å². The molecule has 2 rings (SSSR count). The van der Waals surface area contributed by atoms with Crippen LogP contribution in [0, 0.1) is 5.92 Å². The lowest BCUT2D eigenvalue weighted by atomic mass is 10.0. The van der Waals surface area contributed by atoms with Crippen LogP contribution in [0.1, 0.15) is 34.9 Å². The molecule has 4 heteroatoms. The van der Waals surface area contributed by atoms with Gasteiger partial charge in [0.25, 0.3) is 0 Å². The number of carbonyl (C=O) groups excluding carboxylic acids is 1. The summed E-state index contributed by atoms with van der Waals surface area (Å²) < 4.78 is 0. The van der Waals surface area contributed by atoms with Gasteiger partial charge >= 0.3 is 0 Å². The average molecular weight is 255 g/mol. The maximum absolute atomic E-state index is 11.7. The first-order valence-corrected chi connectivity index (χ1v) is 6.23. The number of halogens is 1. The highest BCUT2D eigenvalue weighted by Gasteiger charge is 2.30. The van der Waals surface area contributed by atoms with Gasteiger partial charge in [-0.1, -0.05) is 24.3 Å². The summed E-state index contributed by atoms with van der Waals surface area (Å²) in [7, 11) is 0. The van der Waals surface area contributed by atoms with Crippen molar-refractivity contribution in [3.8, 4) is 0 Å². The first-order chi connectivity index (χ1) is 8.13. The second kappa shape index (κ2) is 5.17. The number of hydrogen-bond donors (Lipinski definition) is 2. The van der Waals surface area contributed by atoms with E-state index in [9.17, 15) is 15.0 Å². The third kappa shape index (κ3) is 2.86. The highest BCUT2D eigenvalue weighted by Crippen LogP contribution is 2.32. The maximum Gasteiger partial charge on any atom is 0.165 e. The molecule has 1 aliphatic rings. The van der Waals surface area contributed by atoms with Crippen LogP contribution in [0.25, 0.3) is 0 Å². The SMILES string of the molecule is O=C(c1ccc(C(O)C(O)CCl)cc1)C1CC1. The van der Waals surface area contributed by atoms with Crippen LogP contribution >= 0.6 is 11.6 Å². The molecule has 2 unspecified atom stereocenters. The van der Waals surface area contributed by atoms with E-state index in [1.54, 1.807) is 24.3 Å². The lowest BCUT2D eigenvalue weighted by Crippen LogP contribution is -2.19. The van der Waals surface area contributed by atoms with Crippen LogP contribution in [0.4, 0.5) is 0 Å². The highest BCUT2D eigenvalue weighted by molar-refractivity contribution is 6.18. The molecular formula is C13H15ClO3. The van der Waals surface area contributed by atoms with Crippen LogP contribution in [0.3, 0.4) is 0 Å². The van der Waals surface area contributed by atoms with E-state index in [-0.39, 0.29) is 17.6 Å². The zero-order valence-electron chi connectivity index (χ0n) is 9.34. The summed E-state index contributed by atoms with van der Waals surface area (Å²) in [5, 5.41) is 19.1. The van der Waals surface area contributed by atoms with Crippen molar-refractivity contribution >= 4 is 17.4 Å². The Kier molecular flexibility index (Phi) is 3.82. The Hall–Kier alpha value is -0.900. The van der Waals surface area contributed by atoms with Gasteiger partial charge in [-0.15, -0.1) is 11.6 Å². The zero-order chi connectivity index (χ0) is 12.4. The predicted octanol–water partition coefficient (Wildman–Crippen LogP) is 1.91. The Labute approximate surface area is 105 Å². The van der Waals surface area contributed by atoms with Crippen molar-refractivity contribution in [1.82, 2.24) is 0 Å². The van der Waals surface area contributed by atoms with Crippen molar-refractivity contribution in [2.75, 3.05) is 5.88 Å². The number of rotatable bonds is 5. The van der Waals surface area contributed by atoms with Gasteiger partial charge in [-0.05, 0) is 18.4 Å². The smallest absolute Gasteiger partial charge is 0.165 e. The van der Waals surface area contributed by atoms with Gasteiger partial charge in [-0.25, -0.2) is 0 Å². The van der Waals surface area contributed by atoms with Gasteiger partial charge in [0.1, 0.15) is 6.10 Å². The van der Waals surface area contributed by atoms with Crippen molar-refractivity contribution in [3.63, 3.8) is 0 Å². The van der Waals surface area contributed by atoms with E-state index in [4.69, 9.17) is 11.6 Å². The predicted molar refractivity (Wildman–Crippen MR) is 65.2 cm³/mol. The van der Waals surface area contributed by atoms with Crippen LogP contribution < -0.4 is 0 Å². The van der Waals surface area contributed by atoms with E-state index < -0.39 is 12.2 Å². The number of alkyl halides is 1. The molecule has 2 N–H and O–H groups in total. The van der Waals surface area contributed by atoms with Gasteiger partial charge in [0.2, 0.25) is 0 Å². The quantitative estimate of drug-likeness (QED) is 0.623. The van der Waals surface area contributed by atoms with Gasteiger partial charge in [0, 0.05) is 11.5 Å². The van der Waals surface area contributed by atoms with Crippen LogP contribution in [0.2, 0.25) is 0 Å². The topological polar surface area (TPSA) is 57.5 Å². The lowest BCUT2D eigenvalue weighted by Gasteiger charge is -2.15. The minimum absolute atomic E-state index is 0.0239. The number of ketones is 1. The molecule has 0 amide bonds. The third-order valence-corrected chi connectivity index (χ3v) is 3.32. The largest absolute Gasteiger partial charge is 0.389 e. The van der Waals surface area contributed by atoms with Crippen molar-refractivity contribution < 1.29 is 15.0 Å². The molecule has 0 aromatic heterocycles. The molecule has 0 heterocycles. The molecule has 0 aliphatic heterocycles. The Bertz CT molecular complexity index is 398. The molecular weight excluding hydrogens is 240 g/mol. The summed E-state index contributed by atoms with van der Waals surface area (Å²) in [6.45, 7) is 0. The number of Topliss-reactive ketones (excluding diaryl/α,β-unsaturated/α-hetero) is 1. The number of aliphatic hydroxyl groups excluding tert-OH is 2. The number of aliphatic hydroxyl groups is 2. The Balaban J connectivity index is 2.09.